The number of aliphatic hydroxyl groups is 3. The van der Waals surface area contributed by atoms with Gasteiger partial charge >= 0.3 is 17.9 Å². The zero-order valence-electron chi connectivity index (χ0n) is 18.8. The Hall–Kier alpha value is -4.26. The molecule has 0 aliphatic heterocycles. The summed E-state index contributed by atoms with van der Waals surface area (Å²) in [6, 6.07) is 8.80. The highest BCUT2D eigenvalue weighted by molar-refractivity contribution is 5.90. The molecule has 0 aliphatic carbocycles. The van der Waals surface area contributed by atoms with Gasteiger partial charge in [0.15, 0.2) is 6.10 Å². The van der Waals surface area contributed by atoms with Crippen LogP contribution in [0, 0.1) is 0 Å². The Kier molecular flexibility index (Phi) is 9.51. The van der Waals surface area contributed by atoms with Crippen molar-refractivity contribution in [2.24, 2.45) is 0 Å². The molecule has 0 bridgehead atoms. The molecule has 4 atom stereocenters. The summed E-state index contributed by atoms with van der Waals surface area (Å²) in [6.45, 7) is -1.36. The third-order valence-electron chi connectivity index (χ3n) is 4.84. The number of rotatable bonds is 11. The molecule has 3 aromatic rings. The van der Waals surface area contributed by atoms with Crippen molar-refractivity contribution in [1.29, 1.82) is 0 Å². The van der Waals surface area contributed by atoms with E-state index in [0.29, 0.717) is 0 Å². The minimum atomic E-state index is -1.95. The molecule has 0 fully saturated rings. The van der Waals surface area contributed by atoms with E-state index in [-0.39, 0.29) is 16.7 Å². The van der Waals surface area contributed by atoms with E-state index in [2.05, 4.69) is 15.0 Å². The SMILES string of the molecule is O=C(OC[C@@H](O)[C@@H](O)[C@H](O)[C@@H](COC(=O)c1cccnc1)OC(=O)c1cccnc1)c1cccnc1. The number of esters is 3. The summed E-state index contributed by atoms with van der Waals surface area (Å²) in [6.07, 6.45) is 0.830. The predicted molar refractivity (Wildman–Crippen MR) is 120 cm³/mol. The molecule has 3 heterocycles. The van der Waals surface area contributed by atoms with E-state index in [1.54, 1.807) is 0 Å². The van der Waals surface area contributed by atoms with Crippen LogP contribution in [0.15, 0.2) is 73.6 Å². The monoisotopic (exact) mass is 497 g/mol. The number of hydrogen-bond donors (Lipinski definition) is 3. The highest BCUT2D eigenvalue weighted by Gasteiger charge is 2.36. The van der Waals surface area contributed by atoms with Gasteiger partial charge in [0.1, 0.15) is 31.5 Å². The van der Waals surface area contributed by atoms with Gasteiger partial charge in [-0.1, -0.05) is 0 Å². The van der Waals surface area contributed by atoms with Crippen LogP contribution in [0.2, 0.25) is 0 Å². The lowest BCUT2D eigenvalue weighted by Gasteiger charge is -2.28. The van der Waals surface area contributed by atoms with E-state index in [1.807, 2.05) is 0 Å². The van der Waals surface area contributed by atoms with E-state index in [9.17, 15) is 29.7 Å². The summed E-state index contributed by atoms with van der Waals surface area (Å²) >= 11 is 0. The van der Waals surface area contributed by atoms with E-state index in [0.717, 1.165) is 0 Å². The van der Waals surface area contributed by atoms with Gasteiger partial charge in [0.25, 0.3) is 0 Å². The Morgan fingerprint density at radius 1 is 0.667 bits per heavy atom. The van der Waals surface area contributed by atoms with Crippen molar-refractivity contribution in [3.63, 3.8) is 0 Å². The molecule has 188 valence electrons. The first-order valence-corrected chi connectivity index (χ1v) is 10.7. The van der Waals surface area contributed by atoms with E-state index >= 15 is 0 Å². The number of aliphatic hydroxyl groups excluding tert-OH is 3. The third-order valence-corrected chi connectivity index (χ3v) is 4.84. The lowest BCUT2D eigenvalue weighted by Crippen LogP contribution is -2.49. The van der Waals surface area contributed by atoms with Gasteiger partial charge in [-0.3, -0.25) is 15.0 Å². The number of carbonyl (C=O) groups is 3. The molecule has 36 heavy (non-hydrogen) atoms. The van der Waals surface area contributed by atoms with Crippen LogP contribution in [0.5, 0.6) is 0 Å². The Morgan fingerprint density at radius 3 is 1.56 bits per heavy atom. The van der Waals surface area contributed by atoms with Crippen LogP contribution in [0.4, 0.5) is 0 Å². The summed E-state index contributed by atoms with van der Waals surface area (Å²) in [4.78, 5) is 48.2. The standard InChI is InChI=1S/C24H23N3O9/c28-18(13-34-22(31)15-4-1-7-25-10-15)20(29)21(30)19(36-24(33)17-6-3-9-27-12-17)14-35-23(32)16-5-2-8-26-11-16/h1-12,18-21,28-30H,13-14H2/t18-,19-,20-,21-/m1/s1. The van der Waals surface area contributed by atoms with E-state index in [1.165, 1.54) is 73.6 Å². The lowest BCUT2D eigenvalue weighted by atomic mass is 10.0. The normalized spacial score (nSPS) is 14.1. The fraction of sp³-hybridized carbons (Fsp3) is 0.250. The molecule has 0 amide bonds. The van der Waals surface area contributed by atoms with Crippen molar-refractivity contribution in [2.45, 2.75) is 24.4 Å². The van der Waals surface area contributed by atoms with Crippen LogP contribution < -0.4 is 0 Å². The summed E-state index contributed by atoms with van der Waals surface area (Å²) in [7, 11) is 0. The van der Waals surface area contributed by atoms with E-state index in [4.69, 9.17) is 14.2 Å². The number of nitrogens with zero attached hydrogens (tertiary/aromatic N) is 3. The molecule has 0 aromatic carbocycles. The number of aromatic nitrogens is 3. The van der Waals surface area contributed by atoms with Crippen molar-refractivity contribution in [1.82, 2.24) is 15.0 Å². The number of pyridine rings is 3. The topological polar surface area (TPSA) is 178 Å². The Balaban J connectivity index is 1.66. The minimum Gasteiger partial charge on any atom is -0.459 e. The van der Waals surface area contributed by atoms with Gasteiger partial charge in [0.2, 0.25) is 0 Å². The molecule has 0 saturated heterocycles. The molecular weight excluding hydrogens is 474 g/mol. The maximum absolute atomic E-state index is 12.5. The number of carbonyl (C=O) groups excluding carboxylic acids is 3. The van der Waals surface area contributed by atoms with Gasteiger partial charge in [0.05, 0.1) is 16.7 Å². The van der Waals surface area contributed by atoms with Gasteiger partial charge in [-0.05, 0) is 36.4 Å². The largest absolute Gasteiger partial charge is 0.459 e. The second kappa shape index (κ2) is 13.0. The summed E-state index contributed by atoms with van der Waals surface area (Å²) in [5.74, 6) is -2.55. The van der Waals surface area contributed by atoms with Crippen LogP contribution in [0.1, 0.15) is 31.1 Å². The summed E-state index contributed by atoms with van der Waals surface area (Å²) < 4.78 is 15.3. The number of ether oxygens (including phenoxy) is 3. The minimum absolute atomic E-state index is 0.0359. The van der Waals surface area contributed by atoms with Crippen LogP contribution in [0.3, 0.4) is 0 Å². The quantitative estimate of drug-likeness (QED) is 0.242. The first-order valence-electron chi connectivity index (χ1n) is 10.7. The second-order valence-corrected chi connectivity index (χ2v) is 7.41. The molecule has 0 aliphatic rings. The maximum atomic E-state index is 12.5. The van der Waals surface area contributed by atoms with Crippen molar-refractivity contribution in [2.75, 3.05) is 13.2 Å². The van der Waals surface area contributed by atoms with Gasteiger partial charge in [0, 0.05) is 37.2 Å². The molecule has 12 nitrogen and oxygen atoms in total. The van der Waals surface area contributed by atoms with Gasteiger partial charge in [-0.2, -0.15) is 0 Å². The van der Waals surface area contributed by atoms with Crippen molar-refractivity contribution >= 4 is 17.9 Å². The first-order chi connectivity index (χ1) is 17.4. The Morgan fingerprint density at radius 2 is 1.11 bits per heavy atom. The van der Waals surface area contributed by atoms with Crippen molar-refractivity contribution in [3.8, 4) is 0 Å². The molecule has 3 N–H and O–H groups in total. The zero-order chi connectivity index (χ0) is 25.9. The molecule has 3 aromatic heterocycles. The van der Waals surface area contributed by atoms with Crippen LogP contribution in [0.25, 0.3) is 0 Å². The molecule has 12 heteroatoms. The highest BCUT2D eigenvalue weighted by Crippen LogP contribution is 2.14. The molecular formula is C24H23N3O9. The Labute approximate surface area is 205 Å². The highest BCUT2D eigenvalue weighted by atomic mass is 16.6. The summed E-state index contributed by atoms with van der Waals surface area (Å²) in [5, 5.41) is 31.4. The molecule has 0 saturated carbocycles. The van der Waals surface area contributed by atoms with Crippen molar-refractivity contribution < 1.29 is 43.9 Å². The van der Waals surface area contributed by atoms with Gasteiger partial charge in [-0.25, -0.2) is 14.4 Å². The first kappa shape index (κ1) is 26.3. The Bertz CT molecular complexity index is 1130. The fourth-order valence-electron chi connectivity index (χ4n) is 2.89. The average molecular weight is 497 g/mol. The maximum Gasteiger partial charge on any atom is 0.340 e. The second-order valence-electron chi connectivity index (χ2n) is 7.41. The third kappa shape index (κ3) is 7.37. The molecule has 0 spiro atoms. The smallest absolute Gasteiger partial charge is 0.340 e. The van der Waals surface area contributed by atoms with Crippen LogP contribution >= 0.6 is 0 Å². The molecule has 3 rings (SSSR count). The molecule has 0 radical (unpaired) electrons. The lowest BCUT2D eigenvalue weighted by molar-refractivity contribution is -0.128. The predicted octanol–water partition coefficient (Wildman–Crippen LogP) is 0.194. The van der Waals surface area contributed by atoms with Gasteiger partial charge < -0.3 is 29.5 Å². The van der Waals surface area contributed by atoms with Crippen LogP contribution in [-0.4, -0.2) is 85.8 Å². The van der Waals surface area contributed by atoms with Gasteiger partial charge in [-0.15, -0.1) is 0 Å². The van der Waals surface area contributed by atoms with E-state index < -0.39 is 55.5 Å². The average Bonchev–Trinajstić information content (AvgIpc) is 2.94. The van der Waals surface area contributed by atoms with Crippen LogP contribution in [-0.2, 0) is 14.2 Å². The molecule has 0 unspecified atom stereocenters. The van der Waals surface area contributed by atoms with Crippen molar-refractivity contribution in [3.05, 3.63) is 90.3 Å². The fourth-order valence-corrected chi connectivity index (χ4v) is 2.89. The number of hydrogen-bond acceptors (Lipinski definition) is 12. The zero-order valence-corrected chi connectivity index (χ0v) is 18.8. The summed E-state index contributed by atoms with van der Waals surface area (Å²) in [5.41, 5.74) is 0.256.